The minimum absolute atomic E-state index is 0.0224. The molecule has 21 heavy (non-hydrogen) atoms. The molecule has 1 aromatic carbocycles. The van der Waals surface area contributed by atoms with Crippen LogP contribution in [-0.2, 0) is 15.3 Å². The Morgan fingerprint density at radius 3 is 2.05 bits per heavy atom. The molecule has 1 aromatic rings. The van der Waals surface area contributed by atoms with Gasteiger partial charge < -0.3 is 5.73 Å². The molecule has 0 saturated carbocycles. The summed E-state index contributed by atoms with van der Waals surface area (Å²) in [4.78, 5) is 0. The van der Waals surface area contributed by atoms with E-state index in [1.807, 2.05) is 38.1 Å². The van der Waals surface area contributed by atoms with Crippen molar-refractivity contribution < 1.29 is 8.42 Å². The third-order valence-corrected chi connectivity index (χ3v) is 5.37. The van der Waals surface area contributed by atoms with E-state index < -0.39 is 15.9 Å². The molecule has 3 nitrogen and oxygen atoms in total. The summed E-state index contributed by atoms with van der Waals surface area (Å²) < 4.78 is 24.1. The predicted octanol–water partition coefficient (Wildman–Crippen LogP) is 3.44. The maximum absolute atomic E-state index is 12.1. The summed E-state index contributed by atoms with van der Waals surface area (Å²) >= 11 is 0. The van der Waals surface area contributed by atoms with Crippen molar-refractivity contribution in [3.05, 3.63) is 35.4 Å². The van der Waals surface area contributed by atoms with E-state index >= 15 is 0 Å². The Bertz CT molecular complexity index is 539. The van der Waals surface area contributed by atoms with Crippen LogP contribution in [0.1, 0.15) is 58.2 Å². The number of hydrogen-bond donors (Lipinski definition) is 1. The van der Waals surface area contributed by atoms with Gasteiger partial charge in [0.05, 0.1) is 11.5 Å². The molecule has 0 saturated heterocycles. The molecular formula is C17H29NO2S. The molecule has 120 valence electrons. The van der Waals surface area contributed by atoms with E-state index in [9.17, 15) is 8.42 Å². The first-order chi connectivity index (χ1) is 9.51. The Balaban J connectivity index is 2.74. The van der Waals surface area contributed by atoms with Gasteiger partial charge in [-0.25, -0.2) is 8.42 Å². The molecule has 2 N–H and O–H groups in total. The Morgan fingerprint density at radius 1 is 1.10 bits per heavy atom. The van der Waals surface area contributed by atoms with Gasteiger partial charge in [0.25, 0.3) is 0 Å². The summed E-state index contributed by atoms with van der Waals surface area (Å²) in [6.07, 6.45) is 0.692. The zero-order valence-corrected chi connectivity index (χ0v) is 14.7. The Morgan fingerprint density at radius 2 is 1.62 bits per heavy atom. The first-order valence-electron chi connectivity index (χ1n) is 7.58. The summed E-state index contributed by atoms with van der Waals surface area (Å²) in [6, 6.07) is 7.52. The number of hydrogen-bond acceptors (Lipinski definition) is 3. The fourth-order valence-corrected chi connectivity index (χ4v) is 3.84. The topological polar surface area (TPSA) is 60.2 Å². The lowest BCUT2D eigenvalue weighted by atomic mass is 9.86. The third kappa shape index (κ3) is 6.18. The summed E-state index contributed by atoms with van der Waals surface area (Å²) in [5, 5.41) is 0. The molecule has 0 fully saturated rings. The highest BCUT2D eigenvalue weighted by Gasteiger charge is 2.19. The van der Waals surface area contributed by atoms with Crippen molar-refractivity contribution in [1.82, 2.24) is 0 Å². The molecule has 1 unspecified atom stereocenters. The molecule has 0 amide bonds. The van der Waals surface area contributed by atoms with Crippen molar-refractivity contribution in [1.29, 1.82) is 0 Å². The van der Waals surface area contributed by atoms with Gasteiger partial charge in [0.2, 0.25) is 0 Å². The smallest absolute Gasteiger partial charge is 0.152 e. The molecule has 0 aliphatic heterocycles. The molecule has 1 atom stereocenters. The standard InChI is InChI=1S/C17H29NO2S/c1-13(2)10-11-21(19,20)12-16(18)14-6-8-15(9-7-14)17(3,4)5/h6-9,13,16H,10-12,18H2,1-5H3. The summed E-state index contributed by atoms with van der Waals surface area (Å²) in [5.74, 6) is 0.634. The quantitative estimate of drug-likeness (QED) is 0.875. The van der Waals surface area contributed by atoms with Crippen molar-refractivity contribution in [3.8, 4) is 0 Å². The normalized spacial score (nSPS) is 14.4. The molecule has 0 radical (unpaired) electrons. The minimum Gasteiger partial charge on any atom is -0.323 e. The molecular weight excluding hydrogens is 282 g/mol. The van der Waals surface area contributed by atoms with Crippen LogP contribution in [-0.4, -0.2) is 19.9 Å². The van der Waals surface area contributed by atoms with E-state index in [1.165, 1.54) is 5.56 Å². The second kappa shape index (κ2) is 6.93. The van der Waals surface area contributed by atoms with Crippen molar-refractivity contribution in [2.75, 3.05) is 11.5 Å². The second-order valence-electron chi connectivity index (χ2n) is 7.28. The fraction of sp³-hybridized carbons (Fsp3) is 0.647. The van der Waals surface area contributed by atoms with Crippen LogP contribution in [0.2, 0.25) is 0 Å². The Kier molecular flexibility index (Phi) is 6.00. The third-order valence-electron chi connectivity index (χ3n) is 3.64. The van der Waals surface area contributed by atoms with Crippen molar-refractivity contribution in [3.63, 3.8) is 0 Å². The zero-order chi connectivity index (χ0) is 16.3. The number of sulfone groups is 1. The number of rotatable bonds is 6. The van der Waals surface area contributed by atoms with E-state index in [-0.39, 0.29) is 16.9 Å². The number of nitrogens with two attached hydrogens (primary N) is 1. The van der Waals surface area contributed by atoms with Crippen molar-refractivity contribution >= 4 is 9.84 Å². The van der Waals surface area contributed by atoms with Gasteiger partial charge in [0.15, 0.2) is 9.84 Å². The zero-order valence-electron chi connectivity index (χ0n) is 13.9. The van der Waals surface area contributed by atoms with Gasteiger partial charge in [-0.05, 0) is 28.9 Å². The molecule has 0 spiro atoms. The van der Waals surface area contributed by atoms with Crippen LogP contribution in [0.4, 0.5) is 0 Å². The summed E-state index contributed by atoms with van der Waals surface area (Å²) in [5.41, 5.74) is 8.27. The maximum atomic E-state index is 12.1. The first-order valence-corrected chi connectivity index (χ1v) is 9.40. The highest BCUT2D eigenvalue weighted by atomic mass is 32.2. The van der Waals surface area contributed by atoms with Crippen LogP contribution in [0.25, 0.3) is 0 Å². The lowest BCUT2D eigenvalue weighted by Gasteiger charge is -2.20. The van der Waals surface area contributed by atoms with Crippen molar-refractivity contribution in [2.45, 2.75) is 52.5 Å². The van der Waals surface area contributed by atoms with E-state index in [4.69, 9.17) is 5.73 Å². The highest BCUT2D eigenvalue weighted by Crippen LogP contribution is 2.24. The largest absolute Gasteiger partial charge is 0.323 e. The van der Waals surface area contributed by atoms with Gasteiger partial charge in [-0.1, -0.05) is 58.9 Å². The van der Waals surface area contributed by atoms with Gasteiger partial charge in [-0.15, -0.1) is 0 Å². The SMILES string of the molecule is CC(C)CCS(=O)(=O)CC(N)c1ccc(C(C)(C)C)cc1. The van der Waals surface area contributed by atoms with Crippen LogP contribution in [0.5, 0.6) is 0 Å². The predicted molar refractivity (Wildman–Crippen MR) is 90.2 cm³/mol. The highest BCUT2D eigenvalue weighted by molar-refractivity contribution is 7.91. The van der Waals surface area contributed by atoms with Crippen molar-refractivity contribution in [2.24, 2.45) is 11.7 Å². The summed E-state index contributed by atoms with van der Waals surface area (Å²) in [7, 11) is -3.09. The van der Waals surface area contributed by atoms with Crippen LogP contribution in [0, 0.1) is 5.92 Å². The van der Waals surface area contributed by atoms with E-state index in [0.717, 1.165) is 5.56 Å². The fourth-order valence-electron chi connectivity index (χ4n) is 2.10. The second-order valence-corrected chi connectivity index (χ2v) is 9.50. The van der Waals surface area contributed by atoms with E-state index in [0.29, 0.717) is 12.3 Å². The van der Waals surface area contributed by atoms with Gasteiger partial charge in [-0.2, -0.15) is 0 Å². The molecule has 4 heteroatoms. The Hall–Kier alpha value is -0.870. The minimum atomic E-state index is -3.09. The molecule has 0 bridgehead atoms. The van der Waals surface area contributed by atoms with E-state index in [1.54, 1.807) is 0 Å². The van der Waals surface area contributed by atoms with Crippen LogP contribution < -0.4 is 5.73 Å². The van der Waals surface area contributed by atoms with Crippen LogP contribution >= 0.6 is 0 Å². The average Bonchev–Trinajstić information content (AvgIpc) is 2.35. The summed E-state index contributed by atoms with van der Waals surface area (Å²) in [6.45, 7) is 10.5. The maximum Gasteiger partial charge on any atom is 0.152 e. The monoisotopic (exact) mass is 311 g/mol. The number of benzene rings is 1. The molecule has 0 aliphatic carbocycles. The average molecular weight is 311 g/mol. The van der Waals surface area contributed by atoms with Gasteiger partial charge in [-0.3, -0.25) is 0 Å². The van der Waals surface area contributed by atoms with Gasteiger partial charge in [0, 0.05) is 6.04 Å². The lowest BCUT2D eigenvalue weighted by Crippen LogP contribution is -2.24. The first kappa shape index (κ1) is 18.2. The van der Waals surface area contributed by atoms with Gasteiger partial charge in [0.1, 0.15) is 0 Å². The van der Waals surface area contributed by atoms with Crippen LogP contribution in [0.15, 0.2) is 24.3 Å². The molecule has 0 heterocycles. The molecule has 0 aliphatic rings. The van der Waals surface area contributed by atoms with Gasteiger partial charge >= 0.3 is 0 Å². The van der Waals surface area contributed by atoms with E-state index in [2.05, 4.69) is 20.8 Å². The van der Waals surface area contributed by atoms with Crippen LogP contribution in [0.3, 0.4) is 0 Å². The molecule has 0 aromatic heterocycles. The Labute approximate surface area is 129 Å². The lowest BCUT2D eigenvalue weighted by molar-refractivity contribution is 0.568. The molecule has 1 rings (SSSR count).